The maximum Gasteiger partial charge on any atom is 0.327 e. The van der Waals surface area contributed by atoms with Gasteiger partial charge in [0.2, 0.25) is 17.7 Å². The molecule has 27 heavy (non-hydrogen) atoms. The number of fused-ring (bicyclic) bond motifs is 1. The molecule has 3 N–H and O–H groups in total. The van der Waals surface area contributed by atoms with E-state index in [1.807, 2.05) is 52.0 Å². The Morgan fingerprint density at radius 1 is 0.926 bits per heavy atom. The molecule has 0 unspecified atom stereocenters. The van der Waals surface area contributed by atoms with Crippen molar-refractivity contribution in [2.75, 3.05) is 17.7 Å². The molecule has 0 saturated carbocycles. The van der Waals surface area contributed by atoms with Gasteiger partial charge >= 0.3 is 6.03 Å². The van der Waals surface area contributed by atoms with Crippen molar-refractivity contribution >= 4 is 29.0 Å². The number of carbonyl (C=O) groups excluding carboxylic acids is 1. The topological polar surface area (TPSA) is 110 Å². The number of hydrogen-bond donors (Lipinski definition) is 3. The average molecular weight is 368 g/mol. The number of para-hydroxylation sites is 2. The molecule has 2 aromatic heterocycles. The fraction of sp³-hybridized carbons (Fsp3) is 0.389. The Bertz CT molecular complexity index is 935. The molecule has 2 heterocycles. The summed E-state index contributed by atoms with van der Waals surface area (Å²) in [5.74, 6) is 1.52. The fourth-order valence-corrected chi connectivity index (χ4v) is 2.61. The number of nitrogens with zero attached hydrogens (tertiary/aromatic N) is 5. The molecule has 1 amide bonds. The van der Waals surface area contributed by atoms with Crippen molar-refractivity contribution in [3.05, 3.63) is 24.3 Å². The minimum atomic E-state index is -0.309. The Balaban J connectivity index is 2.21. The highest BCUT2D eigenvalue weighted by molar-refractivity contribution is 5.93. The van der Waals surface area contributed by atoms with Gasteiger partial charge in [0.1, 0.15) is 0 Å². The first kappa shape index (κ1) is 18.6. The van der Waals surface area contributed by atoms with Crippen LogP contribution < -0.4 is 16.0 Å². The highest BCUT2D eigenvalue weighted by atomic mass is 16.2. The summed E-state index contributed by atoms with van der Waals surface area (Å²) in [6.45, 7) is 8.00. The third-order valence-electron chi connectivity index (χ3n) is 3.65. The van der Waals surface area contributed by atoms with Crippen LogP contribution in [0.3, 0.4) is 0 Å². The smallest absolute Gasteiger partial charge is 0.327 e. The molecule has 0 aliphatic carbocycles. The van der Waals surface area contributed by atoms with Crippen LogP contribution >= 0.6 is 0 Å². The van der Waals surface area contributed by atoms with E-state index in [-0.39, 0.29) is 18.1 Å². The molecule has 0 atom stereocenters. The monoisotopic (exact) mass is 368 g/mol. The SMILES string of the molecule is CNC(=O)n1c(-c2nc(NC(C)C)nc(NC(C)C)n2)nc2ccccc21. The molecule has 142 valence electrons. The predicted molar refractivity (Wildman–Crippen MR) is 106 cm³/mol. The maximum atomic E-state index is 12.5. The van der Waals surface area contributed by atoms with E-state index in [2.05, 4.69) is 35.9 Å². The summed E-state index contributed by atoms with van der Waals surface area (Å²) in [5, 5.41) is 9.02. The zero-order valence-electron chi connectivity index (χ0n) is 16.1. The van der Waals surface area contributed by atoms with Crippen molar-refractivity contribution in [3.63, 3.8) is 0 Å². The summed E-state index contributed by atoms with van der Waals surface area (Å²) in [6.07, 6.45) is 0. The van der Waals surface area contributed by atoms with Crippen LogP contribution in [0.1, 0.15) is 27.7 Å². The predicted octanol–water partition coefficient (Wildman–Crippen LogP) is 2.72. The first-order chi connectivity index (χ1) is 12.9. The third-order valence-corrected chi connectivity index (χ3v) is 3.65. The number of aromatic nitrogens is 5. The molecule has 3 rings (SSSR count). The average Bonchev–Trinajstić information content (AvgIpc) is 2.99. The number of imidazole rings is 1. The summed E-state index contributed by atoms with van der Waals surface area (Å²) in [4.78, 5) is 30.5. The molecular weight excluding hydrogens is 344 g/mol. The van der Waals surface area contributed by atoms with Crippen molar-refractivity contribution in [3.8, 4) is 11.6 Å². The van der Waals surface area contributed by atoms with Gasteiger partial charge in [0, 0.05) is 19.1 Å². The lowest BCUT2D eigenvalue weighted by molar-refractivity contribution is 0.245. The Hall–Kier alpha value is -3.23. The second kappa shape index (κ2) is 7.56. The molecule has 0 spiro atoms. The number of anilines is 2. The lowest BCUT2D eigenvalue weighted by atomic mass is 10.3. The molecule has 1 aromatic carbocycles. The minimum Gasteiger partial charge on any atom is -0.352 e. The molecule has 9 nitrogen and oxygen atoms in total. The van der Waals surface area contributed by atoms with Crippen LogP contribution in [0.4, 0.5) is 16.7 Å². The van der Waals surface area contributed by atoms with E-state index in [9.17, 15) is 4.79 Å². The van der Waals surface area contributed by atoms with Crippen LogP contribution in [-0.4, -0.2) is 49.7 Å². The summed E-state index contributed by atoms with van der Waals surface area (Å²) >= 11 is 0. The molecule has 0 aliphatic rings. The van der Waals surface area contributed by atoms with Crippen molar-refractivity contribution in [2.45, 2.75) is 39.8 Å². The zero-order chi connectivity index (χ0) is 19.6. The van der Waals surface area contributed by atoms with Gasteiger partial charge in [0.25, 0.3) is 0 Å². The number of amides is 1. The first-order valence-corrected chi connectivity index (χ1v) is 8.88. The van der Waals surface area contributed by atoms with E-state index in [4.69, 9.17) is 0 Å². The van der Waals surface area contributed by atoms with Crippen molar-refractivity contribution < 1.29 is 4.79 Å². The second-order valence-corrected chi connectivity index (χ2v) is 6.72. The summed E-state index contributed by atoms with van der Waals surface area (Å²) < 4.78 is 1.48. The van der Waals surface area contributed by atoms with Gasteiger partial charge in [-0.05, 0) is 39.8 Å². The number of hydrogen-bond acceptors (Lipinski definition) is 7. The molecule has 0 fully saturated rings. The molecule has 9 heteroatoms. The van der Waals surface area contributed by atoms with E-state index in [0.717, 1.165) is 0 Å². The largest absolute Gasteiger partial charge is 0.352 e. The van der Waals surface area contributed by atoms with Crippen LogP contribution in [0.15, 0.2) is 24.3 Å². The van der Waals surface area contributed by atoms with Gasteiger partial charge in [0.05, 0.1) is 11.0 Å². The second-order valence-electron chi connectivity index (χ2n) is 6.72. The van der Waals surface area contributed by atoms with Gasteiger partial charge in [0.15, 0.2) is 5.82 Å². The van der Waals surface area contributed by atoms with Gasteiger partial charge < -0.3 is 16.0 Å². The standard InChI is InChI=1S/C18H24N8O/c1-10(2)20-16-23-14(24-17(25-16)21-11(3)4)15-22-12-8-6-7-9-13(12)26(15)18(27)19-5/h6-11H,1-5H3,(H,19,27)(H2,20,21,23,24,25). The molecule has 0 aliphatic heterocycles. The normalized spacial score (nSPS) is 11.2. The van der Waals surface area contributed by atoms with Crippen molar-refractivity contribution in [1.82, 2.24) is 29.8 Å². The highest BCUT2D eigenvalue weighted by Crippen LogP contribution is 2.24. The van der Waals surface area contributed by atoms with Gasteiger partial charge in [-0.1, -0.05) is 12.1 Å². The van der Waals surface area contributed by atoms with Gasteiger partial charge in [-0.3, -0.25) is 0 Å². The zero-order valence-corrected chi connectivity index (χ0v) is 16.1. The van der Waals surface area contributed by atoms with E-state index in [1.54, 1.807) is 7.05 Å². The van der Waals surface area contributed by atoms with Gasteiger partial charge in [-0.2, -0.15) is 15.0 Å². The maximum absolute atomic E-state index is 12.5. The van der Waals surface area contributed by atoms with Crippen LogP contribution in [0.25, 0.3) is 22.7 Å². The number of carbonyl (C=O) groups is 1. The van der Waals surface area contributed by atoms with Crippen LogP contribution in [0, 0.1) is 0 Å². The fourth-order valence-electron chi connectivity index (χ4n) is 2.61. The van der Waals surface area contributed by atoms with Gasteiger partial charge in [-0.15, -0.1) is 0 Å². The minimum absolute atomic E-state index is 0.143. The molecule has 0 radical (unpaired) electrons. The van der Waals surface area contributed by atoms with Crippen molar-refractivity contribution in [1.29, 1.82) is 0 Å². The highest BCUT2D eigenvalue weighted by Gasteiger charge is 2.21. The third kappa shape index (κ3) is 3.97. The summed E-state index contributed by atoms with van der Waals surface area (Å²) in [7, 11) is 1.58. The van der Waals surface area contributed by atoms with E-state index < -0.39 is 0 Å². The first-order valence-electron chi connectivity index (χ1n) is 8.88. The number of nitrogens with one attached hydrogen (secondary N) is 3. The Morgan fingerprint density at radius 2 is 1.52 bits per heavy atom. The van der Waals surface area contributed by atoms with E-state index in [1.165, 1.54) is 4.57 Å². The Kier molecular flexibility index (Phi) is 5.20. The van der Waals surface area contributed by atoms with Crippen molar-refractivity contribution in [2.24, 2.45) is 0 Å². The molecule has 0 bridgehead atoms. The molecule has 3 aromatic rings. The Morgan fingerprint density at radius 3 is 2.07 bits per heavy atom. The van der Waals surface area contributed by atoms with Crippen LogP contribution in [-0.2, 0) is 0 Å². The number of benzene rings is 1. The Labute approximate surface area is 157 Å². The van der Waals surface area contributed by atoms with E-state index in [0.29, 0.717) is 34.6 Å². The van der Waals surface area contributed by atoms with Crippen LogP contribution in [0.5, 0.6) is 0 Å². The van der Waals surface area contributed by atoms with E-state index >= 15 is 0 Å². The van der Waals surface area contributed by atoms with Crippen LogP contribution in [0.2, 0.25) is 0 Å². The molecule has 0 saturated heterocycles. The van der Waals surface area contributed by atoms with Gasteiger partial charge in [-0.25, -0.2) is 14.3 Å². The summed E-state index contributed by atoms with van der Waals surface area (Å²) in [6, 6.07) is 7.39. The molecular formula is C18H24N8O. The lowest BCUT2D eigenvalue weighted by Crippen LogP contribution is -2.25. The summed E-state index contributed by atoms with van der Waals surface area (Å²) in [5.41, 5.74) is 1.37. The lowest BCUT2D eigenvalue weighted by Gasteiger charge is -2.13. The number of rotatable bonds is 5. The quantitative estimate of drug-likeness (QED) is 0.635.